The van der Waals surface area contributed by atoms with Gasteiger partial charge in [-0.15, -0.1) is 0 Å². The molecule has 1 aliphatic rings. The van der Waals surface area contributed by atoms with Crippen LogP contribution < -0.4 is 10.6 Å². The van der Waals surface area contributed by atoms with E-state index >= 15 is 0 Å². The molecule has 0 aromatic carbocycles. The zero-order valence-electron chi connectivity index (χ0n) is 14.5. The first-order valence-corrected chi connectivity index (χ1v) is 8.53. The van der Waals surface area contributed by atoms with Crippen LogP contribution in [0.15, 0.2) is 0 Å². The van der Waals surface area contributed by atoms with Crippen LogP contribution in [0.1, 0.15) is 72.1 Å². The van der Waals surface area contributed by atoms with Crippen LogP contribution in [0.5, 0.6) is 0 Å². The Bertz CT molecular complexity index is 428. The number of carboxylic acids is 1. The second-order valence-corrected chi connectivity index (χ2v) is 7.26. The van der Waals surface area contributed by atoms with Crippen LogP contribution in [-0.2, 0) is 14.4 Å². The number of nitrogens with one attached hydrogen (secondary N) is 2. The van der Waals surface area contributed by atoms with Crippen LogP contribution in [0.3, 0.4) is 0 Å². The number of rotatable bonds is 8. The van der Waals surface area contributed by atoms with Gasteiger partial charge in [-0.2, -0.15) is 0 Å². The first-order chi connectivity index (χ1) is 10.7. The second kappa shape index (κ2) is 8.89. The van der Waals surface area contributed by atoms with Gasteiger partial charge in [0.2, 0.25) is 11.8 Å². The van der Waals surface area contributed by atoms with E-state index in [9.17, 15) is 14.4 Å². The maximum Gasteiger partial charge on any atom is 0.303 e. The molecular formula is C17H30N2O4. The highest BCUT2D eigenvalue weighted by molar-refractivity contribution is 5.87. The molecule has 6 nitrogen and oxygen atoms in total. The molecule has 0 aromatic heterocycles. The summed E-state index contributed by atoms with van der Waals surface area (Å²) in [6, 6.07) is -0.616. The number of carbonyl (C=O) groups excluding carboxylic acids is 2. The van der Waals surface area contributed by atoms with Gasteiger partial charge in [0.1, 0.15) is 6.04 Å². The number of aliphatic carboxylic acids is 1. The molecule has 1 unspecified atom stereocenters. The number of carbonyl (C=O) groups is 3. The van der Waals surface area contributed by atoms with E-state index in [1.165, 1.54) is 19.3 Å². The fourth-order valence-corrected chi connectivity index (χ4v) is 2.94. The summed E-state index contributed by atoms with van der Waals surface area (Å²) in [5.41, 5.74) is -0.613. The molecule has 1 fully saturated rings. The molecule has 0 spiro atoms. The SMILES string of the molecule is CC(NC(=O)CC1CCCCC1)C(=O)NC(C)(C)CCC(=O)O. The zero-order chi connectivity index (χ0) is 17.5. The van der Waals surface area contributed by atoms with E-state index in [0.717, 1.165) is 12.8 Å². The van der Waals surface area contributed by atoms with Crippen LogP contribution >= 0.6 is 0 Å². The van der Waals surface area contributed by atoms with E-state index in [-0.39, 0.29) is 18.2 Å². The fraction of sp³-hybridized carbons (Fsp3) is 0.824. The van der Waals surface area contributed by atoms with E-state index in [4.69, 9.17) is 5.11 Å². The van der Waals surface area contributed by atoms with Crippen molar-refractivity contribution >= 4 is 17.8 Å². The lowest BCUT2D eigenvalue weighted by atomic mass is 9.87. The lowest BCUT2D eigenvalue weighted by Crippen LogP contribution is -2.52. The van der Waals surface area contributed by atoms with Gasteiger partial charge in [0.25, 0.3) is 0 Å². The molecular weight excluding hydrogens is 296 g/mol. The summed E-state index contributed by atoms with van der Waals surface area (Å²) in [5, 5.41) is 14.3. The molecule has 0 saturated heterocycles. The largest absolute Gasteiger partial charge is 0.481 e. The van der Waals surface area contributed by atoms with Gasteiger partial charge in [-0.05, 0) is 46.0 Å². The van der Waals surface area contributed by atoms with E-state index in [1.807, 2.05) is 0 Å². The summed E-state index contributed by atoms with van der Waals surface area (Å²) < 4.78 is 0. The monoisotopic (exact) mass is 326 g/mol. The van der Waals surface area contributed by atoms with E-state index in [0.29, 0.717) is 18.8 Å². The number of hydrogen-bond acceptors (Lipinski definition) is 3. The van der Waals surface area contributed by atoms with Crippen molar-refractivity contribution in [2.75, 3.05) is 0 Å². The molecule has 0 aromatic rings. The van der Waals surface area contributed by atoms with Gasteiger partial charge in [0.15, 0.2) is 0 Å². The lowest BCUT2D eigenvalue weighted by Gasteiger charge is -2.28. The molecule has 1 atom stereocenters. The molecule has 1 rings (SSSR count). The van der Waals surface area contributed by atoms with Crippen LogP contribution in [-0.4, -0.2) is 34.5 Å². The molecule has 6 heteroatoms. The van der Waals surface area contributed by atoms with Crippen molar-refractivity contribution in [2.45, 2.75) is 83.7 Å². The molecule has 1 aliphatic carbocycles. The molecule has 0 heterocycles. The first-order valence-electron chi connectivity index (χ1n) is 8.53. The third kappa shape index (κ3) is 8.00. The normalized spacial score (nSPS) is 17.3. The van der Waals surface area contributed by atoms with Crippen molar-refractivity contribution in [2.24, 2.45) is 5.92 Å². The van der Waals surface area contributed by atoms with Gasteiger partial charge in [-0.25, -0.2) is 0 Å². The highest BCUT2D eigenvalue weighted by Gasteiger charge is 2.26. The van der Waals surface area contributed by atoms with Gasteiger partial charge in [0, 0.05) is 18.4 Å². The highest BCUT2D eigenvalue weighted by Crippen LogP contribution is 2.26. The third-order valence-electron chi connectivity index (χ3n) is 4.40. The fourth-order valence-electron chi connectivity index (χ4n) is 2.94. The van der Waals surface area contributed by atoms with Crippen molar-refractivity contribution in [3.05, 3.63) is 0 Å². The third-order valence-corrected chi connectivity index (χ3v) is 4.40. The first kappa shape index (κ1) is 19.5. The number of carboxylic acid groups (broad SMARTS) is 1. The Labute approximate surface area is 138 Å². The molecule has 132 valence electrons. The lowest BCUT2D eigenvalue weighted by molar-refractivity contribution is -0.138. The predicted molar refractivity (Wildman–Crippen MR) is 87.9 cm³/mol. The summed E-state index contributed by atoms with van der Waals surface area (Å²) >= 11 is 0. The molecule has 3 N–H and O–H groups in total. The van der Waals surface area contributed by atoms with Gasteiger partial charge in [-0.1, -0.05) is 19.3 Å². The zero-order valence-corrected chi connectivity index (χ0v) is 14.5. The Morgan fingerprint density at radius 1 is 1.17 bits per heavy atom. The minimum absolute atomic E-state index is 0.00427. The summed E-state index contributed by atoms with van der Waals surface area (Å²) in [6.07, 6.45) is 6.64. The molecule has 1 saturated carbocycles. The minimum Gasteiger partial charge on any atom is -0.481 e. The second-order valence-electron chi connectivity index (χ2n) is 7.26. The Kier molecular flexibility index (Phi) is 7.52. The average molecular weight is 326 g/mol. The van der Waals surface area contributed by atoms with Crippen molar-refractivity contribution in [3.63, 3.8) is 0 Å². The molecule has 23 heavy (non-hydrogen) atoms. The van der Waals surface area contributed by atoms with Crippen LogP contribution in [0, 0.1) is 5.92 Å². The highest BCUT2D eigenvalue weighted by atomic mass is 16.4. The van der Waals surface area contributed by atoms with E-state index < -0.39 is 17.6 Å². The predicted octanol–water partition coefficient (Wildman–Crippen LogP) is 2.22. The van der Waals surface area contributed by atoms with Gasteiger partial charge in [-0.3, -0.25) is 14.4 Å². The van der Waals surface area contributed by atoms with E-state index in [2.05, 4.69) is 10.6 Å². The van der Waals surface area contributed by atoms with Gasteiger partial charge in [0.05, 0.1) is 0 Å². The van der Waals surface area contributed by atoms with E-state index in [1.54, 1.807) is 20.8 Å². The van der Waals surface area contributed by atoms with Crippen molar-refractivity contribution in [1.29, 1.82) is 0 Å². The Hall–Kier alpha value is -1.59. The standard InChI is InChI=1S/C17H30N2O4/c1-12(16(23)19-17(2,3)10-9-15(21)22)18-14(20)11-13-7-5-4-6-8-13/h12-13H,4-11H2,1-3H3,(H,18,20)(H,19,23)(H,21,22). The Balaban J connectivity index is 2.37. The van der Waals surface area contributed by atoms with Crippen molar-refractivity contribution in [3.8, 4) is 0 Å². The molecule has 0 bridgehead atoms. The smallest absolute Gasteiger partial charge is 0.303 e. The summed E-state index contributed by atoms with van der Waals surface area (Å²) in [6.45, 7) is 5.22. The number of hydrogen-bond donors (Lipinski definition) is 3. The maximum absolute atomic E-state index is 12.2. The van der Waals surface area contributed by atoms with Gasteiger partial charge >= 0.3 is 5.97 Å². The van der Waals surface area contributed by atoms with Crippen LogP contribution in [0.4, 0.5) is 0 Å². The van der Waals surface area contributed by atoms with Gasteiger partial charge < -0.3 is 15.7 Å². The summed E-state index contributed by atoms with van der Waals surface area (Å²) in [4.78, 5) is 34.8. The molecule has 0 aliphatic heterocycles. The average Bonchev–Trinajstić information content (AvgIpc) is 2.45. The molecule has 2 amide bonds. The summed E-state index contributed by atoms with van der Waals surface area (Å²) in [7, 11) is 0. The Morgan fingerprint density at radius 2 is 1.78 bits per heavy atom. The number of amides is 2. The maximum atomic E-state index is 12.2. The van der Waals surface area contributed by atoms with Crippen LogP contribution in [0.25, 0.3) is 0 Å². The Morgan fingerprint density at radius 3 is 2.35 bits per heavy atom. The molecule has 0 radical (unpaired) electrons. The van der Waals surface area contributed by atoms with Crippen molar-refractivity contribution < 1.29 is 19.5 Å². The quantitative estimate of drug-likeness (QED) is 0.637. The van der Waals surface area contributed by atoms with Crippen molar-refractivity contribution in [1.82, 2.24) is 10.6 Å². The topological polar surface area (TPSA) is 95.5 Å². The summed E-state index contributed by atoms with van der Waals surface area (Å²) in [5.74, 6) is -0.813. The van der Waals surface area contributed by atoms with Crippen LogP contribution in [0.2, 0.25) is 0 Å². The minimum atomic E-state index is -0.888.